The Hall–Kier alpha value is -2.75. The minimum absolute atomic E-state index is 0.0720. The lowest BCUT2D eigenvalue weighted by Crippen LogP contribution is -2.33. The van der Waals surface area contributed by atoms with Gasteiger partial charge in [-0.1, -0.05) is 6.07 Å². The van der Waals surface area contributed by atoms with E-state index < -0.39 is 5.41 Å². The van der Waals surface area contributed by atoms with Crippen molar-refractivity contribution in [1.82, 2.24) is 0 Å². The fourth-order valence-electron chi connectivity index (χ4n) is 4.43. The number of ether oxygens (including phenoxy) is 4. The van der Waals surface area contributed by atoms with Crippen LogP contribution < -0.4 is 9.47 Å². The summed E-state index contributed by atoms with van der Waals surface area (Å²) in [5.41, 5.74) is 0.214. The van der Waals surface area contributed by atoms with Crippen LogP contribution >= 0.6 is 0 Å². The van der Waals surface area contributed by atoms with Gasteiger partial charge in [-0.05, 0) is 56.2 Å². The molecule has 2 saturated carbocycles. The third-order valence-corrected chi connectivity index (χ3v) is 6.18. The predicted molar refractivity (Wildman–Crippen MR) is 103 cm³/mol. The van der Waals surface area contributed by atoms with Crippen LogP contribution in [0.3, 0.4) is 0 Å². The van der Waals surface area contributed by atoms with Gasteiger partial charge in [0.1, 0.15) is 12.2 Å². The summed E-state index contributed by atoms with van der Waals surface area (Å²) in [5.74, 6) is 0.837. The summed E-state index contributed by atoms with van der Waals surface area (Å²) in [6.45, 7) is 0.482. The van der Waals surface area contributed by atoms with Gasteiger partial charge in [0.25, 0.3) is 6.47 Å². The van der Waals surface area contributed by atoms with Crippen molar-refractivity contribution in [2.75, 3.05) is 14.2 Å². The molecular formula is C22H27NO6. The fraction of sp³-hybridized carbons (Fsp3) is 0.591. The van der Waals surface area contributed by atoms with Crippen LogP contribution in [0.15, 0.2) is 18.2 Å². The van der Waals surface area contributed by atoms with E-state index >= 15 is 0 Å². The van der Waals surface area contributed by atoms with Crippen molar-refractivity contribution < 1.29 is 28.5 Å². The van der Waals surface area contributed by atoms with Crippen molar-refractivity contribution in [3.05, 3.63) is 23.8 Å². The number of hydrogen-bond donors (Lipinski definition) is 0. The molecule has 2 aliphatic rings. The van der Waals surface area contributed by atoms with Crippen LogP contribution in [0, 0.1) is 17.2 Å². The zero-order chi connectivity index (χ0) is 20.9. The molecule has 2 fully saturated rings. The second kappa shape index (κ2) is 9.17. The van der Waals surface area contributed by atoms with E-state index in [1.54, 1.807) is 7.11 Å². The minimum Gasteiger partial charge on any atom is -0.493 e. The Morgan fingerprint density at radius 3 is 2.48 bits per heavy atom. The number of carbonyl (C=O) groups is 2. The zero-order valence-corrected chi connectivity index (χ0v) is 16.9. The molecule has 7 nitrogen and oxygen atoms in total. The Kier molecular flexibility index (Phi) is 6.63. The molecule has 156 valence electrons. The van der Waals surface area contributed by atoms with E-state index in [0.717, 1.165) is 18.4 Å². The van der Waals surface area contributed by atoms with E-state index in [1.165, 1.54) is 7.11 Å². The summed E-state index contributed by atoms with van der Waals surface area (Å²) in [4.78, 5) is 22.4. The van der Waals surface area contributed by atoms with E-state index in [4.69, 9.17) is 18.9 Å². The van der Waals surface area contributed by atoms with E-state index in [1.807, 2.05) is 18.2 Å². The molecular weight excluding hydrogens is 374 g/mol. The number of nitrogens with zero attached hydrogens (tertiary/aromatic N) is 1. The van der Waals surface area contributed by atoms with Crippen LogP contribution in [0.25, 0.3) is 0 Å². The lowest BCUT2D eigenvalue weighted by Gasteiger charge is -2.34. The van der Waals surface area contributed by atoms with Crippen LogP contribution in [0.5, 0.6) is 11.5 Å². The summed E-state index contributed by atoms with van der Waals surface area (Å²) < 4.78 is 21.5. The Bertz CT molecular complexity index is 778. The van der Waals surface area contributed by atoms with Crippen molar-refractivity contribution in [1.29, 1.82) is 5.26 Å². The SMILES string of the molecule is COC(=O)C1CCC(C#N)(c2ccc(OC)c(O[C@@H]3CC[C@H](OC=O)C3)c2)CC1. The van der Waals surface area contributed by atoms with Gasteiger partial charge in [-0.2, -0.15) is 5.26 Å². The van der Waals surface area contributed by atoms with E-state index in [2.05, 4.69) is 6.07 Å². The number of rotatable bonds is 7. The standard InChI is InChI=1S/C22H27NO6/c1-26-19-6-3-16(11-20(19)29-18-5-4-17(12-18)28-14-24)22(13-23)9-7-15(8-10-22)21(25)27-2/h3,6,11,14-15,17-18H,4-5,7-10,12H2,1-2H3/t15?,17-,18+,22?/m0/s1. The normalized spacial score (nSPS) is 28.8. The number of nitriles is 1. The average molecular weight is 401 g/mol. The lowest BCUT2D eigenvalue weighted by atomic mass is 9.67. The highest BCUT2D eigenvalue weighted by Gasteiger charge is 2.40. The predicted octanol–water partition coefficient (Wildman–Crippen LogP) is 3.29. The van der Waals surface area contributed by atoms with E-state index in [0.29, 0.717) is 50.1 Å². The van der Waals surface area contributed by atoms with Crippen LogP contribution in [0.4, 0.5) is 0 Å². The molecule has 0 spiro atoms. The molecule has 0 heterocycles. The molecule has 7 heteroatoms. The summed E-state index contributed by atoms with van der Waals surface area (Å²) in [5, 5.41) is 9.98. The molecule has 1 aromatic carbocycles. The number of carbonyl (C=O) groups excluding carboxylic acids is 2. The van der Waals surface area contributed by atoms with Crippen LogP contribution in [-0.2, 0) is 24.5 Å². The van der Waals surface area contributed by atoms with E-state index in [-0.39, 0.29) is 24.1 Å². The molecule has 3 rings (SSSR count). The maximum atomic E-state index is 11.8. The van der Waals surface area contributed by atoms with Crippen LogP contribution in [0.1, 0.15) is 50.5 Å². The molecule has 2 aliphatic carbocycles. The first kappa shape index (κ1) is 21.0. The minimum atomic E-state index is -0.659. The third-order valence-electron chi connectivity index (χ3n) is 6.18. The molecule has 0 aromatic heterocycles. The molecule has 0 N–H and O–H groups in total. The van der Waals surface area contributed by atoms with E-state index in [9.17, 15) is 14.9 Å². The summed E-state index contributed by atoms with van der Waals surface area (Å²) in [6, 6.07) is 8.10. The van der Waals surface area contributed by atoms with Crippen LogP contribution in [0.2, 0.25) is 0 Å². The second-order valence-corrected chi connectivity index (χ2v) is 7.76. The highest BCUT2D eigenvalue weighted by atomic mass is 16.5. The Morgan fingerprint density at radius 1 is 1.14 bits per heavy atom. The molecule has 29 heavy (non-hydrogen) atoms. The molecule has 0 bridgehead atoms. The third kappa shape index (κ3) is 4.47. The monoisotopic (exact) mass is 401 g/mol. The Labute approximate surface area is 170 Å². The molecule has 0 saturated heterocycles. The van der Waals surface area contributed by atoms with Crippen molar-refractivity contribution in [2.45, 2.75) is 62.6 Å². The summed E-state index contributed by atoms with van der Waals surface area (Å²) in [7, 11) is 2.98. The van der Waals surface area contributed by atoms with Gasteiger partial charge in [0.05, 0.1) is 31.6 Å². The van der Waals surface area contributed by atoms with Crippen molar-refractivity contribution in [3.63, 3.8) is 0 Å². The fourth-order valence-corrected chi connectivity index (χ4v) is 4.43. The summed E-state index contributed by atoms with van der Waals surface area (Å²) >= 11 is 0. The maximum absolute atomic E-state index is 11.8. The molecule has 2 atom stereocenters. The lowest BCUT2D eigenvalue weighted by molar-refractivity contribution is -0.146. The Balaban J connectivity index is 1.78. The van der Waals surface area contributed by atoms with Crippen molar-refractivity contribution in [2.24, 2.45) is 5.92 Å². The largest absolute Gasteiger partial charge is 0.493 e. The number of hydrogen-bond acceptors (Lipinski definition) is 7. The van der Waals surface area contributed by atoms with Gasteiger partial charge < -0.3 is 18.9 Å². The molecule has 0 amide bonds. The first-order valence-electron chi connectivity index (χ1n) is 9.98. The Morgan fingerprint density at radius 2 is 1.86 bits per heavy atom. The van der Waals surface area contributed by atoms with Gasteiger partial charge in [0, 0.05) is 6.42 Å². The quantitative estimate of drug-likeness (QED) is 0.511. The molecule has 0 unspecified atom stereocenters. The van der Waals surface area contributed by atoms with Crippen molar-refractivity contribution >= 4 is 12.4 Å². The van der Waals surface area contributed by atoms with Gasteiger partial charge in [-0.3, -0.25) is 9.59 Å². The number of esters is 1. The van der Waals surface area contributed by atoms with Gasteiger partial charge in [0.2, 0.25) is 0 Å². The second-order valence-electron chi connectivity index (χ2n) is 7.76. The molecule has 0 radical (unpaired) electrons. The zero-order valence-electron chi connectivity index (χ0n) is 16.9. The van der Waals surface area contributed by atoms with Gasteiger partial charge in [0.15, 0.2) is 11.5 Å². The number of benzene rings is 1. The van der Waals surface area contributed by atoms with Crippen molar-refractivity contribution in [3.8, 4) is 17.6 Å². The average Bonchev–Trinajstić information content (AvgIpc) is 3.20. The van der Waals surface area contributed by atoms with Gasteiger partial charge >= 0.3 is 5.97 Å². The molecule has 1 aromatic rings. The highest BCUT2D eigenvalue weighted by molar-refractivity contribution is 5.72. The highest BCUT2D eigenvalue weighted by Crippen LogP contribution is 2.44. The van der Waals surface area contributed by atoms with Crippen LogP contribution in [-0.4, -0.2) is 38.9 Å². The smallest absolute Gasteiger partial charge is 0.308 e. The van der Waals surface area contributed by atoms with Gasteiger partial charge in [-0.15, -0.1) is 0 Å². The topological polar surface area (TPSA) is 94.9 Å². The summed E-state index contributed by atoms with van der Waals surface area (Å²) in [6.07, 6.45) is 4.42. The molecule has 0 aliphatic heterocycles. The number of methoxy groups -OCH3 is 2. The van der Waals surface area contributed by atoms with Gasteiger partial charge in [-0.25, -0.2) is 0 Å². The maximum Gasteiger partial charge on any atom is 0.308 e. The first-order valence-corrected chi connectivity index (χ1v) is 9.98. The first-order chi connectivity index (χ1) is 14.0.